The van der Waals surface area contributed by atoms with Gasteiger partial charge >= 0.3 is 17.9 Å². The summed E-state index contributed by atoms with van der Waals surface area (Å²) in [7, 11) is 0. The van der Waals surface area contributed by atoms with Gasteiger partial charge in [-0.1, -0.05) is 248 Å². The van der Waals surface area contributed by atoms with Crippen LogP contribution in [0.15, 0.2) is 60.8 Å². The summed E-state index contributed by atoms with van der Waals surface area (Å²) in [4.78, 5) is 38.1. The van der Waals surface area contributed by atoms with Crippen LogP contribution in [0, 0.1) is 0 Å². The standard InChI is InChI=1S/C60H106O6/c1-4-7-10-13-16-19-22-25-27-29-30-32-33-35-38-41-44-47-50-53-59(62)65-56-57(55-64-58(61)52-49-46-43-40-37-24-21-18-15-12-9-6-3)66-60(63)54-51-48-45-42-39-36-34-31-28-26-23-20-17-14-11-8-5-2/h9,12,16,18-19,21-22,25,37,40,57H,4-8,10-11,13-15,17,20,23-24,26-36,38-39,41-56H2,1-3H3/b12-9-,19-16-,21-18-,25-22-,40-37-. The Morgan fingerprint density at radius 1 is 0.333 bits per heavy atom. The zero-order chi connectivity index (χ0) is 47.9. The molecule has 0 aliphatic carbocycles. The fourth-order valence-electron chi connectivity index (χ4n) is 8.04. The smallest absolute Gasteiger partial charge is 0.306 e. The first kappa shape index (κ1) is 63.1. The van der Waals surface area contributed by atoms with E-state index in [0.29, 0.717) is 19.3 Å². The highest BCUT2D eigenvalue weighted by Gasteiger charge is 2.19. The van der Waals surface area contributed by atoms with Crippen LogP contribution in [0.5, 0.6) is 0 Å². The van der Waals surface area contributed by atoms with Gasteiger partial charge in [0.2, 0.25) is 0 Å². The van der Waals surface area contributed by atoms with Gasteiger partial charge in [-0.15, -0.1) is 0 Å². The predicted octanol–water partition coefficient (Wildman–Crippen LogP) is 18.8. The minimum absolute atomic E-state index is 0.0858. The van der Waals surface area contributed by atoms with Crippen LogP contribution in [0.4, 0.5) is 0 Å². The molecule has 0 saturated carbocycles. The molecular formula is C60H106O6. The van der Waals surface area contributed by atoms with Crippen molar-refractivity contribution < 1.29 is 28.6 Å². The highest BCUT2D eigenvalue weighted by atomic mass is 16.6. The van der Waals surface area contributed by atoms with Crippen LogP contribution < -0.4 is 0 Å². The van der Waals surface area contributed by atoms with E-state index in [2.05, 4.69) is 81.5 Å². The lowest BCUT2D eigenvalue weighted by Crippen LogP contribution is -2.30. The third-order valence-electron chi connectivity index (χ3n) is 12.3. The highest BCUT2D eigenvalue weighted by molar-refractivity contribution is 5.71. The Kier molecular flexibility index (Phi) is 52.3. The SMILES string of the molecule is CC/C=C\C/C=C\C/C=C\CCCCC(=O)OCC(COC(=O)CCCCCCCCCCCC/C=C\C=C/CCCCC)OC(=O)CCCCCCCCCCCCCCCCCCC. The Balaban J connectivity index is 4.35. The van der Waals surface area contributed by atoms with Crippen molar-refractivity contribution in [2.24, 2.45) is 0 Å². The normalized spacial score (nSPS) is 12.5. The number of esters is 3. The average molecular weight is 924 g/mol. The van der Waals surface area contributed by atoms with Crippen LogP contribution in [0.3, 0.4) is 0 Å². The molecule has 0 aromatic rings. The summed E-state index contributed by atoms with van der Waals surface area (Å²) in [6.07, 6.45) is 67.9. The Morgan fingerprint density at radius 2 is 0.636 bits per heavy atom. The molecule has 0 bridgehead atoms. The van der Waals surface area contributed by atoms with Crippen molar-refractivity contribution >= 4 is 17.9 Å². The molecule has 0 N–H and O–H groups in total. The van der Waals surface area contributed by atoms with Gasteiger partial charge in [0.1, 0.15) is 13.2 Å². The van der Waals surface area contributed by atoms with E-state index in [0.717, 1.165) is 77.0 Å². The van der Waals surface area contributed by atoms with E-state index >= 15 is 0 Å². The van der Waals surface area contributed by atoms with Crippen molar-refractivity contribution in [3.05, 3.63) is 60.8 Å². The average Bonchev–Trinajstić information content (AvgIpc) is 3.31. The van der Waals surface area contributed by atoms with Crippen LogP contribution in [-0.4, -0.2) is 37.2 Å². The summed E-state index contributed by atoms with van der Waals surface area (Å²) >= 11 is 0. The largest absolute Gasteiger partial charge is 0.462 e. The Labute approximate surface area is 409 Å². The van der Waals surface area contributed by atoms with E-state index in [9.17, 15) is 14.4 Å². The fourth-order valence-corrected chi connectivity index (χ4v) is 8.04. The molecule has 1 unspecified atom stereocenters. The molecule has 0 heterocycles. The zero-order valence-electron chi connectivity index (χ0n) is 43.7. The predicted molar refractivity (Wildman–Crippen MR) is 284 cm³/mol. The molecule has 1 atom stereocenters. The van der Waals surface area contributed by atoms with Gasteiger partial charge in [-0.2, -0.15) is 0 Å². The minimum Gasteiger partial charge on any atom is -0.462 e. The highest BCUT2D eigenvalue weighted by Crippen LogP contribution is 2.16. The molecule has 6 nitrogen and oxygen atoms in total. The van der Waals surface area contributed by atoms with Crippen LogP contribution in [-0.2, 0) is 28.6 Å². The molecule has 0 amide bonds. The number of hydrogen-bond donors (Lipinski definition) is 0. The molecule has 0 aliphatic rings. The monoisotopic (exact) mass is 923 g/mol. The maximum absolute atomic E-state index is 12.8. The van der Waals surface area contributed by atoms with Crippen LogP contribution in [0.1, 0.15) is 284 Å². The molecule has 0 spiro atoms. The summed E-state index contributed by atoms with van der Waals surface area (Å²) in [6.45, 7) is 6.49. The van der Waals surface area contributed by atoms with Gasteiger partial charge in [0.25, 0.3) is 0 Å². The van der Waals surface area contributed by atoms with E-state index in [4.69, 9.17) is 14.2 Å². The topological polar surface area (TPSA) is 78.9 Å². The molecule has 382 valence electrons. The second-order valence-electron chi connectivity index (χ2n) is 18.9. The second-order valence-corrected chi connectivity index (χ2v) is 18.9. The van der Waals surface area contributed by atoms with Crippen LogP contribution in [0.2, 0.25) is 0 Å². The van der Waals surface area contributed by atoms with Crippen molar-refractivity contribution in [1.82, 2.24) is 0 Å². The molecule has 0 aliphatic heterocycles. The van der Waals surface area contributed by atoms with Gasteiger partial charge in [-0.3, -0.25) is 14.4 Å². The number of carbonyl (C=O) groups is 3. The van der Waals surface area contributed by atoms with E-state index < -0.39 is 6.10 Å². The number of hydrogen-bond acceptors (Lipinski definition) is 6. The number of allylic oxidation sites excluding steroid dienone is 10. The third kappa shape index (κ3) is 52.1. The lowest BCUT2D eigenvalue weighted by Gasteiger charge is -2.18. The molecule has 0 aromatic heterocycles. The molecule has 0 aromatic carbocycles. The first-order valence-corrected chi connectivity index (χ1v) is 28.3. The number of ether oxygens (including phenoxy) is 3. The van der Waals surface area contributed by atoms with Gasteiger partial charge < -0.3 is 14.2 Å². The molecule has 0 radical (unpaired) electrons. The summed E-state index contributed by atoms with van der Waals surface area (Å²) in [6, 6.07) is 0. The van der Waals surface area contributed by atoms with Gasteiger partial charge in [-0.05, 0) is 77.0 Å². The van der Waals surface area contributed by atoms with Gasteiger partial charge in [-0.25, -0.2) is 0 Å². The number of rotatable bonds is 51. The molecular weight excluding hydrogens is 817 g/mol. The van der Waals surface area contributed by atoms with E-state index in [1.54, 1.807) is 0 Å². The van der Waals surface area contributed by atoms with Crippen molar-refractivity contribution in [3.63, 3.8) is 0 Å². The maximum Gasteiger partial charge on any atom is 0.306 e. The summed E-state index contributed by atoms with van der Waals surface area (Å²) < 4.78 is 16.8. The summed E-state index contributed by atoms with van der Waals surface area (Å²) in [5.74, 6) is -0.919. The summed E-state index contributed by atoms with van der Waals surface area (Å²) in [5, 5.41) is 0. The third-order valence-corrected chi connectivity index (χ3v) is 12.3. The molecule has 0 rings (SSSR count). The first-order chi connectivity index (χ1) is 32.5. The molecule has 0 fully saturated rings. The van der Waals surface area contributed by atoms with Gasteiger partial charge in [0.15, 0.2) is 6.10 Å². The van der Waals surface area contributed by atoms with Crippen molar-refractivity contribution in [3.8, 4) is 0 Å². The Morgan fingerprint density at radius 3 is 1.08 bits per heavy atom. The maximum atomic E-state index is 12.8. The molecule has 6 heteroatoms. The number of carbonyl (C=O) groups excluding carboxylic acids is 3. The molecule has 0 saturated heterocycles. The van der Waals surface area contributed by atoms with E-state index in [1.165, 1.54) is 167 Å². The summed E-state index contributed by atoms with van der Waals surface area (Å²) in [5.41, 5.74) is 0. The quantitative estimate of drug-likeness (QED) is 0.0199. The molecule has 66 heavy (non-hydrogen) atoms. The van der Waals surface area contributed by atoms with Gasteiger partial charge in [0.05, 0.1) is 0 Å². The second kappa shape index (κ2) is 54.7. The number of unbranched alkanes of at least 4 members (excludes halogenated alkanes) is 31. The Hall–Kier alpha value is -2.89. The van der Waals surface area contributed by atoms with E-state index in [1.807, 2.05) is 0 Å². The van der Waals surface area contributed by atoms with Crippen molar-refractivity contribution in [2.45, 2.75) is 290 Å². The lowest BCUT2D eigenvalue weighted by molar-refractivity contribution is -0.167. The lowest BCUT2D eigenvalue weighted by atomic mass is 10.0. The van der Waals surface area contributed by atoms with Gasteiger partial charge in [0, 0.05) is 19.3 Å². The first-order valence-electron chi connectivity index (χ1n) is 28.3. The van der Waals surface area contributed by atoms with Crippen molar-refractivity contribution in [1.29, 1.82) is 0 Å². The minimum atomic E-state index is -0.789. The zero-order valence-corrected chi connectivity index (χ0v) is 43.7. The van der Waals surface area contributed by atoms with Crippen LogP contribution >= 0.6 is 0 Å². The van der Waals surface area contributed by atoms with Crippen LogP contribution in [0.25, 0.3) is 0 Å². The fraction of sp³-hybridized carbons (Fsp3) is 0.783. The van der Waals surface area contributed by atoms with E-state index in [-0.39, 0.29) is 31.1 Å². The van der Waals surface area contributed by atoms with Crippen molar-refractivity contribution in [2.75, 3.05) is 13.2 Å². The Bertz CT molecular complexity index is 1200.